The number of aliphatic hydroxyl groups excluding tert-OH is 2. The van der Waals surface area contributed by atoms with E-state index in [1.54, 1.807) is 0 Å². The fourth-order valence-electron chi connectivity index (χ4n) is 2.75. The smallest absolute Gasteiger partial charge is 0.0468 e. The molecule has 0 aliphatic heterocycles. The molecular formula is C10H16O2. The highest BCUT2D eigenvalue weighted by molar-refractivity contribution is 5.09. The first-order valence-corrected chi connectivity index (χ1v) is 4.77. The van der Waals surface area contributed by atoms with Gasteiger partial charge in [0, 0.05) is 13.2 Å². The Bertz CT molecular complexity index is 168. The molecule has 1 saturated carbocycles. The normalized spacial score (nSPS) is 45.2. The van der Waals surface area contributed by atoms with Gasteiger partial charge in [0.05, 0.1) is 0 Å². The first-order valence-electron chi connectivity index (χ1n) is 4.77. The van der Waals surface area contributed by atoms with Crippen molar-refractivity contribution in [2.45, 2.75) is 12.8 Å². The number of aliphatic hydroxyl groups is 2. The Balaban J connectivity index is 2.18. The molecule has 2 bridgehead atoms. The molecule has 2 nitrogen and oxygen atoms in total. The SMILES string of the molecule is OC[C@H]1C2C=CC(CC2)[C@@H]1CO. The molecule has 2 heteroatoms. The summed E-state index contributed by atoms with van der Waals surface area (Å²) in [7, 11) is 0. The third-order valence-corrected chi connectivity index (χ3v) is 3.51. The number of fused-ring (bicyclic) bond motifs is 2. The Morgan fingerprint density at radius 2 is 1.33 bits per heavy atom. The van der Waals surface area contributed by atoms with Gasteiger partial charge in [-0.2, -0.15) is 0 Å². The molecule has 0 radical (unpaired) electrons. The van der Waals surface area contributed by atoms with E-state index < -0.39 is 0 Å². The Kier molecular flexibility index (Phi) is 2.20. The second-order valence-corrected chi connectivity index (χ2v) is 3.98. The molecule has 0 aromatic heterocycles. The maximum atomic E-state index is 9.17. The van der Waals surface area contributed by atoms with Crippen LogP contribution in [0.1, 0.15) is 12.8 Å². The summed E-state index contributed by atoms with van der Waals surface area (Å²) in [6.07, 6.45) is 6.84. The van der Waals surface area contributed by atoms with Gasteiger partial charge >= 0.3 is 0 Å². The van der Waals surface area contributed by atoms with E-state index in [4.69, 9.17) is 10.2 Å². The molecule has 0 saturated heterocycles. The second-order valence-electron chi connectivity index (χ2n) is 3.98. The van der Waals surface area contributed by atoms with Gasteiger partial charge in [-0.3, -0.25) is 0 Å². The van der Waals surface area contributed by atoms with E-state index in [0.29, 0.717) is 23.7 Å². The lowest BCUT2D eigenvalue weighted by Crippen LogP contribution is -2.40. The molecule has 3 rings (SSSR count). The zero-order valence-corrected chi connectivity index (χ0v) is 7.19. The number of allylic oxidation sites excluding steroid dienone is 2. The van der Waals surface area contributed by atoms with Crippen LogP contribution in [0.2, 0.25) is 0 Å². The van der Waals surface area contributed by atoms with Crippen LogP contribution in [0.15, 0.2) is 12.2 Å². The van der Waals surface area contributed by atoms with Crippen molar-refractivity contribution in [3.05, 3.63) is 12.2 Å². The van der Waals surface area contributed by atoms with Crippen LogP contribution in [0, 0.1) is 23.7 Å². The second kappa shape index (κ2) is 3.19. The first-order chi connectivity index (χ1) is 5.86. The van der Waals surface area contributed by atoms with E-state index in [1.807, 2.05) is 0 Å². The van der Waals surface area contributed by atoms with Crippen molar-refractivity contribution < 1.29 is 10.2 Å². The van der Waals surface area contributed by atoms with E-state index in [9.17, 15) is 0 Å². The molecule has 3 aliphatic rings. The summed E-state index contributed by atoms with van der Waals surface area (Å²) in [5, 5.41) is 18.3. The van der Waals surface area contributed by atoms with E-state index in [1.165, 1.54) is 12.8 Å². The zero-order valence-electron chi connectivity index (χ0n) is 7.19. The summed E-state index contributed by atoms with van der Waals surface area (Å²) >= 11 is 0. The van der Waals surface area contributed by atoms with Gasteiger partial charge in [-0.1, -0.05) is 12.2 Å². The Morgan fingerprint density at radius 1 is 0.917 bits per heavy atom. The third kappa shape index (κ3) is 1.10. The summed E-state index contributed by atoms with van der Waals surface area (Å²) in [5.74, 6) is 1.69. The van der Waals surface area contributed by atoms with Crippen molar-refractivity contribution in [3.63, 3.8) is 0 Å². The van der Waals surface area contributed by atoms with Gasteiger partial charge in [0.15, 0.2) is 0 Å². The molecule has 0 aromatic rings. The molecular weight excluding hydrogens is 152 g/mol. The summed E-state index contributed by atoms with van der Waals surface area (Å²) < 4.78 is 0. The Labute approximate surface area is 72.9 Å². The van der Waals surface area contributed by atoms with Gasteiger partial charge in [-0.05, 0) is 36.5 Å². The van der Waals surface area contributed by atoms with E-state index in [-0.39, 0.29) is 13.2 Å². The van der Waals surface area contributed by atoms with Crippen molar-refractivity contribution in [1.82, 2.24) is 0 Å². The van der Waals surface area contributed by atoms with Crippen LogP contribution in [-0.4, -0.2) is 23.4 Å². The van der Waals surface area contributed by atoms with Crippen molar-refractivity contribution >= 4 is 0 Å². The maximum Gasteiger partial charge on any atom is 0.0468 e. The van der Waals surface area contributed by atoms with E-state index in [0.717, 1.165) is 0 Å². The lowest BCUT2D eigenvalue weighted by atomic mass is 9.63. The minimum absolute atomic E-state index is 0.233. The molecule has 4 atom stereocenters. The highest BCUT2D eigenvalue weighted by atomic mass is 16.3. The van der Waals surface area contributed by atoms with E-state index >= 15 is 0 Å². The van der Waals surface area contributed by atoms with Gasteiger partial charge in [0.1, 0.15) is 0 Å². The monoisotopic (exact) mass is 168 g/mol. The lowest BCUT2D eigenvalue weighted by Gasteiger charge is -2.43. The minimum Gasteiger partial charge on any atom is -0.396 e. The van der Waals surface area contributed by atoms with E-state index in [2.05, 4.69) is 12.2 Å². The Hall–Kier alpha value is -0.340. The topological polar surface area (TPSA) is 40.5 Å². The molecule has 0 amide bonds. The van der Waals surface area contributed by atoms with Crippen LogP contribution >= 0.6 is 0 Å². The van der Waals surface area contributed by atoms with Gasteiger partial charge in [0.2, 0.25) is 0 Å². The van der Waals surface area contributed by atoms with Crippen LogP contribution in [-0.2, 0) is 0 Å². The molecule has 1 fully saturated rings. The van der Waals surface area contributed by atoms with Crippen LogP contribution in [0.3, 0.4) is 0 Å². The minimum atomic E-state index is 0.233. The predicted octanol–water partition coefficient (Wildman–Crippen LogP) is 0.799. The van der Waals surface area contributed by atoms with Crippen molar-refractivity contribution in [2.24, 2.45) is 23.7 Å². The zero-order chi connectivity index (χ0) is 8.55. The largest absolute Gasteiger partial charge is 0.396 e. The summed E-state index contributed by atoms with van der Waals surface area (Å²) in [6, 6.07) is 0. The van der Waals surface area contributed by atoms with Crippen LogP contribution in [0.25, 0.3) is 0 Å². The first kappa shape index (κ1) is 8.27. The Morgan fingerprint density at radius 3 is 1.58 bits per heavy atom. The number of rotatable bonds is 2. The van der Waals surface area contributed by atoms with Crippen molar-refractivity contribution in [3.8, 4) is 0 Å². The average Bonchev–Trinajstić information content (AvgIpc) is 2.18. The summed E-state index contributed by atoms with van der Waals surface area (Å²) in [6.45, 7) is 0.466. The number of hydrogen-bond acceptors (Lipinski definition) is 2. The lowest BCUT2D eigenvalue weighted by molar-refractivity contribution is 0.0266. The molecule has 2 N–H and O–H groups in total. The third-order valence-electron chi connectivity index (χ3n) is 3.51. The summed E-state index contributed by atoms with van der Waals surface area (Å²) in [4.78, 5) is 0. The summed E-state index contributed by atoms with van der Waals surface area (Å²) in [5.41, 5.74) is 0. The molecule has 0 aromatic carbocycles. The molecule has 0 heterocycles. The molecule has 3 aliphatic carbocycles. The van der Waals surface area contributed by atoms with Crippen LogP contribution < -0.4 is 0 Å². The quantitative estimate of drug-likeness (QED) is 0.599. The van der Waals surface area contributed by atoms with Gasteiger partial charge < -0.3 is 10.2 Å². The van der Waals surface area contributed by atoms with Gasteiger partial charge in [-0.15, -0.1) is 0 Å². The molecule has 0 spiro atoms. The number of hydrogen-bond donors (Lipinski definition) is 2. The highest BCUT2D eigenvalue weighted by Gasteiger charge is 2.39. The van der Waals surface area contributed by atoms with Gasteiger partial charge in [-0.25, -0.2) is 0 Å². The standard InChI is InChI=1S/C10H16O2/c11-5-9-7-1-2-8(4-3-7)10(9)6-12/h1-2,7-12H,3-6H2/t7?,8?,9-,10-/m0/s1. The van der Waals surface area contributed by atoms with Crippen LogP contribution in [0.4, 0.5) is 0 Å². The van der Waals surface area contributed by atoms with Crippen molar-refractivity contribution in [2.75, 3.05) is 13.2 Å². The van der Waals surface area contributed by atoms with Gasteiger partial charge in [0.25, 0.3) is 0 Å². The fraction of sp³-hybridized carbons (Fsp3) is 0.800. The molecule has 2 unspecified atom stereocenters. The highest BCUT2D eigenvalue weighted by Crippen LogP contribution is 2.44. The van der Waals surface area contributed by atoms with Crippen molar-refractivity contribution in [1.29, 1.82) is 0 Å². The maximum absolute atomic E-state index is 9.17. The molecule has 68 valence electrons. The molecule has 12 heavy (non-hydrogen) atoms. The average molecular weight is 168 g/mol. The predicted molar refractivity (Wildman–Crippen MR) is 46.5 cm³/mol. The fourth-order valence-corrected chi connectivity index (χ4v) is 2.75. The van der Waals surface area contributed by atoms with Crippen LogP contribution in [0.5, 0.6) is 0 Å².